The summed E-state index contributed by atoms with van der Waals surface area (Å²) in [7, 11) is 0. The van der Waals surface area contributed by atoms with Crippen LogP contribution in [0.5, 0.6) is 0 Å². The van der Waals surface area contributed by atoms with Gasteiger partial charge in [0.25, 0.3) is 0 Å². The quantitative estimate of drug-likeness (QED) is 0.176. The van der Waals surface area contributed by atoms with Gasteiger partial charge in [0.05, 0.1) is 41.3 Å². The van der Waals surface area contributed by atoms with E-state index in [2.05, 4.69) is 0 Å². The zero-order chi connectivity index (χ0) is 49.6. The number of aromatic nitrogens is 5. The summed E-state index contributed by atoms with van der Waals surface area (Å²) in [5, 5.41) is 1.88. The van der Waals surface area contributed by atoms with Gasteiger partial charge >= 0.3 is 0 Å². The molecule has 0 amide bonds. The maximum atomic E-state index is 9.05. The van der Waals surface area contributed by atoms with Crippen molar-refractivity contribution in [1.82, 2.24) is 24.1 Å². The molecule has 266 valence electrons. The number of nitrogens with zero attached hydrogens (tertiary/aromatic N) is 5. The van der Waals surface area contributed by atoms with E-state index in [9.17, 15) is 0 Å². The van der Waals surface area contributed by atoms with Crippen molar-refractivity contribution >= 4 is 65.6 Å². The van der Waals surface area contributed by atoms with Gasteiger partial charge in [0.15, 0.2) is 17.5 Å². The monoisotopic (exact) mass is 743 g/mol. The number of fused-ring (bicyclic) bond motifs is 9. The molecular weight excluding hydrogens is 699 g/mol. The van der Waals surface area contributed by atoms with Crippen LogP contribution in [0.3, 0.4) is 0 Å². The molecule has 4 heterocycles. The van der Waals surface area contributed by atoms with Gasteiger partial charge in [-0.2, -0.15) is 0 Å². The molecule has 6 heteroatoms. The Hall–Kier alpha value is -7.83. The normalized spacial score (nSPS) is 15.3. The summed E-state index contributed by atoms with van der Waals surface area (Å²) in [4.78, 5) is 15.0. The minimum absolute atomic E-state index is 0.0483. The van der Waals surface area contributed by atoms with Crippen molar-refractivity contribution in [3.63, 3.8) is 0 Å². The lowest BCUT2D eigenvalue weighted by Crippen LogP contribution is -2.02. The number of hydrogen-bond donors (Lipinski definition) is 0. The Kier molecular flexibility index (Phi) is 4.49. The largest absolute Gasteiger partial charge is 0.456 e. The van der Waals surface area contributed by atoms with Crippen LogP contribution in [-0.4, -0.2) is 24.1 Å². The molecule has 8 aromatic carbocycles. The molecule has 12 aromatic rings. The Morgan fingerprint density at radius 2 is 0.842 bits per heavy atom. The summed E-state index contributed by atoms with van der Waals surface area (Å²) in [5.41, 5.74) is 3.63. The van der Waals surface area contributed by atoms with Crippen LogP contribution in [0.2, 0.25) is 0 Å². The second-order valence-corrected chi connectivity index (χ2v) is 13.4. The van der Waals surface area contributed by atoms with Gasteiger partial charge in [-0.1, -0.05) is 121 Å². The zero-order valence-corrected chi connectivity index (χ0v) is 29.5. The second-order valence-electron chi connectivity index (χ2n) is 13.4. The first-order valence-corrected chi connectivity index (χ1v) is 18.0. The van der Waals surface area contributed by atoms with Gasteiger partial charge in [-0.3, -0.25) is 0 Å². The summed E-state index contributed by atoms with van der Waals surface area (Å²) in [5.74, 6) is 0.545. The van der Waals surface area contributed by atoms with Crippen LogP contribution in [-0.2, 0) is 0 Å². The number of para-hydroxylation sites is 5. The average molecular weight is 744 g/mol. The average Bonchev–Trinajstić information content (AvgIpc) is 4.07. The van der Waals surface area contributed by atoms with Crippen LogP contribution in [0.15, 0.2) is 192 Å². The summed E-state index contributed by atoms with van der Waals surface area (Å²) in [6.07, 6.45) is 0. The molecular formula is C51H31N5O. The maximum absolute atomic E-state index is 9.05. The molecule has 0 aliphatic carbocycles. The van der Waals surface area contributed by atoms with Gasteiger partial charge in [0, 0.05) is 60.4 Å². The fraction of sp³-hybridized carbons (Fsp3) is 0. The topological polar surface area (TPSA) is 61.7 Å². The van der Waals surface area contributed by atoms with Crippen molar-refractivity contribution in [2.24, 2.45) is 0 Å². The number of rotatable bonds is 5. The Morgan fingerprint density at radius 1 is 0.368 bits per heavy atom. The van der Waals surface area contributed by atoms with E-state index >= 15 is 0 Å². The van der Waals surface area contributed by atoms with E-state index in [-0.39, 0.29) is 103 Å². The van der Waals surface area contributed by atoms with Crippen LogP contribution in [0.1, 0.15) is 19.2 Å². The van der Waals surface area contributed by atoms with Crippen molar-refractivity contribution in [1.29, 1.82) is 0 Å². The molecule has 0 N–H and O–H groups in total. The SMILES string of the molecule is [2H]c1cc([2H])c2c(c1[2H])c1c([2H])c([2H])cc([2H])c1n2-c1cccc(-c2nc(-c3cccc(-n4c5c([2H])c([2H])c([2H])c([2H])c5c5c([2H])c([2H])c([2H])c([2H])c54)c3)nc(-c3ccc4c(c3)oc3ccccc34)n2)c1. The van der Waals surface area contributed by atoms with Crippen LogP contribution in [0.25, 0.3) is 111 Å². The molecule has 0 fully saturated rings. The van der Waals surface area contributed by atoms with Crippen molar-refractivity contribution < 1.29 is 23.6 Å². The second kappa shape index (κ2) is 12.3. The van der Waals surface area contributed by atoms with E-state index in [0.717, 1.165) is 10.8 Å². The lowest BCUT2D eigenvalue weighted by molar-refractivity contribution is 0.669. The molecule has 0 spiro atoms. The number of furan rings is 1. The molecule has 12 rings (SSSR count). The molecule has 0 bridgehead atoms. The highest BCUT2D eigenvalue weighted by atomic mass is 16.3. The summed E-state index contributed by atoms with van der Waals surface area (Å²) in [6, 6.07) is 24.2. The van der Waals surface area contributed by atoms with Crippen molar-refractivity contribution in [3.8, 4) is 45.5 Å². The van der Waals surface area contributed by atoms with E-state index in [0.29, 0.717) is 33.5 Å². The van der Waals surface area contributed by atoms with E-state index in [1.165, 1.54) is 16.7 Å². The Bertz CT molecular complexity index is 4220. The highest BCUT2D eigenvalue weighted by Gasteiger charge is 2.18. The predicted octanol–water partition coefficient (Wildman–Crippen LogP) is 13.0. The molecule has 57 heavy (non-hydrogen) atoms. The van der Waals surface area contributed by atoms with E-state index in [1.54, 1.807) is 53.1 Å². The molecule has 6 nitrogen and oxygen atoms in total. The summed E-state index contributed by atoms with van der Waals surface area (Å²) < 4.78 is 132. The third-order valence-corrected chi connectivity index (χ3v) is 10.2. The molecule has 4 aromatic heterocycles. The van der Waals surface area contributed by atoms with Crippen LogP contribution in [0, 0.1) is 0 Å². The molecule has 0 atom stereocenters. The van der Waals surface area contributed by atoms with Crippen molar-refractivity contribution in [3.05, 3.63) is 188 Å². The minimum atomic E-state index is -0.553. The highest BCUT2D eigenvalue weighted by molar-refractivity contribution is 6.10. The number of hydrogen-bond acceptors (Lipinski definition) is 4. The first kappa shape index (κ1) is 20.7. The van der Waals surface area contributed by atoms with Gasteiger partial charge in [-0.15, -0.1) is 0 Å². The first-order chi connectivity index (χ1) is 34.0. The van der Waals surface area contributed by atoms with Crippen molar-refractivity contribution in [2.75, 3.05) is 0 Å². The van der Waals surface area contributed by atoms with Crippen LogP contribution in [0.4, 0.5) is 0 Å². The van der Waals surface area contributed by atoms with E-state index in [4.69, 9.17) is 38.6 Å². The van der Waals surface area contributed by atoms with Gasteiger partial charge in [-0.25, -0.2) is 15.0 Å². The van der Waals surface area contributed by atoms with Crippen LogP contribution < -0.4 is 0 Å². The molecule has 0 saturated heterocycles. The Morgan fingerprint density at radius 3 is 1.42 bits per heavy atom. The van der Waals surface area contributed by atoms with E-state index in [1.807, 2.05) is 42.5 Å². The smallest absolute Gasteiger partial charge is 0.164 e. The van der Waals surface area contributed by atoms with Gasteiger partial charge in [0.1, 0.15) is 11.2 Å². The Balaban J connectivity index is 1.11. The van der Waals surface area contributed by atoms with Crippen LogP contribution >= 0.6 is 0 Å². The lowest BCUT2D eigenvalue weighted by atomic mass is 10.1. The Labute approximate surface area is 346 Å². The first-order valence-electron chi connectivity index (χ1n) is 25.0. The molecule has 0 unspecified atom stereocenters. The fourth-order valence-electron chi connectivity index (χ4n) is 7.65. The molecule has 0 radical (unpaired) electrons. The van der Waals surface area contributed by atoms with Gasteiger partial charge < -0.3 is 13.6 Å². The summed E-state index contributed by atoms with van der Waals surface area (Å²) in [6.45, 7) is 0. The van der Waals surface area contributed by atoms with Gasteiger partial charge in [-0.05, 0) is 66.6 Å². The fourth-order valence-corrected chi connectivity index (χ4v) is 7.65. The predicted molar refractivity (Wildman–Crippen MR) is 232 cm³/mol. The summed E-state index contributed by atoms with van der Waals surface area (Å²) >= 11 is 0. The third-order valence-electron chi connectivity index (χ3n) is 10.2. The molecule has 0 aliphatic rings. The van der Waals surface area contributed by atoms with Crippen molar-refractivity contribution in [2.45, 2.75) is 0 Å². The van der Waals surface area contributed by atoms with E-state index < -0.39 is 48.3 Å². The number of benzene rings is 8. The van der Waals surface area contributed by atoms with Gasteiger partial charge in [0.2, 0.25) is 0 Å². The lowest BCUT2D eigenvalue weighted by Gasteiger charge is -2.13. The third kappa shape index (κ3) is 4.94. The standard InChI is InChI=1S/C51H31N5O/c1-6-22-43-37(17-1)38-18-2-7-23-44(38)55(43)35-15-11-13-32(29-35)49-52-50(54-51(53-49)34-27-28-42-41-21-5-10-26-47(41)57-48(42)31-34)33-14-12-16-36(30-33)56-45-24-8-3-19-39(45)40-20-4-9-25-46(40)56/h1-31H/i1D,2D,3D,4D,6D,7D,17D,18D,19D,20D,22D,23D,24D,25D. The minimum Gasteiger partial charge on any atom is -0.456 e. The maximum Gasteiger partial charge on any atom is 0.164 e. The highest BCUT2D eigenvalue weighted by Crippen LogP contribution is 2.37. The molecule has 0 saturated carbocycles. The zero-order valence-electron chi connectivity index (χ0n) is 43.5. The molecule has 0 aliphatic heterocycles.